The summed E-state index contributed by atoms with van der Waals surface area (Å²) in [6.45, 7) is -1.15. The highest BCUT2D eigenvalue weighted by Gasteiger charge is 1.96. The van der Waals surface area contributed by atoms with E-state index in [1.807, 2.05) is 0 Å². The Balaban J connectivity index is 0. The van der Waals surface area contributed by atoms with E-state index in [4.69, 9.17) is 0 Å². The van der Waals surface area contributed by atoms with Crippen LogP contribution in [-0.2, 0) is 0 Å². The Hall–Kier alpha value is -0.940. The Morgan fingerprint density at radius 3 is 1.71 bits per heavy atom. The summed E-state index contributed by atoms with van der Waals surface area (Å²) < 4.78 is 66.1. The molecule has 6 heteroatoms. The summed E-state index contributed by atoms with van der Waals surface area (Å²) in [6, 6.07) is 0. The van der Waals surface area contributed by atoms with Crippen LogP contribution in [-0.4, -0.2) is 19.3 Å². The molecule has 0 aromatic carbocycles. The Labute approximate surface area is 77.9 Å². The SMILES string of the molecule is F/C=C/C(F)CF.F/C=C/CC(F)F. The first kappa shape index (κ1) is 15.5. The van der Waals surface area contributed by atoms with Gasteiger partial charge in [-0.1, -0.05) is 6.08 Å². The molecule has 0 spiro atoms. The minimum Gasteiger partial charge on any atom is -0.248 e. The molecule has 0 radical (unpaired) electrons. The average molecular weight is 220 g/mol. The van der Waals surface area contributed by atoms with Gasteiger partial charge in [-0.2, -0.15) is 0 Å². The van der Waals surface area contributed by atoms with E-state index in [1.54, 1.807) is 0 Å². The van der Waals surface area contributed by atoms with Gasteiger partial charge in [0, 0.05) is 6.42 Å². The third kappa shape index (κ3) is 17.2. The van der Waals surface area contributed by atoms with Crippen molar-refractivity contribution in [1.82, 2.24) is 0 Å². The number of allylic oxidation sites excluding steroid dienone is 2. The van der Waals surface area contributed by atoms with Gasteiger partial charge < -0.3 is 0 Å². The molecule has 0 rings (SSSR count). The zero-order valence-corrected chi connectivity index (χ0v) is 7.15. The largest absolute Gasteiger partial charge is 0.248 e. The van der Waals surface area contributed by atoms with Gasteiger partial charge in [0.1, 0.15) is 12.8 Å². The van der Waals surface area contributed by atoms with Crippen molar-refractivity contribution in [1.29, 1.82) is 0 Å². The van der Waals surface area contributed by atoms with Crippen molar-refractivity contribution in [2.75, 3.05) is 6.67 Å². The molecule has 0 heterocycles. The second-order valence-electron chi connectivity index (χ2n) is 1.98. The van der Waals surface area contributed by atoms with Crippen molar-refractivity contribution in [3.8, 4) is 0 Å². The van der Waals surface area contributed by atoms with Crippen molar-refractivity contribution >= 4 is 0 Å². The summed E-state index contributed by atoms with van der Waals surface area (Å²) >= 11 is 0. The Bertz CT molecular complexity index is 154. The van der Waals surface area contributed by atoms with Crippen LogP contribution in [0.25, 0.3) is 0 Å². The number of halogens is 6. The van der Waals surface area contributed by atoms with E-state index < -0.39 is 25.7 Å². The predicted molar refractivity (Wildman–Crippen MR) is 42.0 cm³/mol. The Kier molecular flexibility index (Phi) is 13.4. The van der Waals surface area contributed by atoms with E-state index in [-0.39, 0.29) is 12.7 Å². The summed E-state index contributed by atoms with van der Waals surface area (Å²) in [5.74, 6) is 0. The molecular formula is C8H10F6. The maximum Gasteiger partial charge on any atom is 0.242 e. The van der Waals surface area contributed by atoms with Crippen LogP contribution in [0.5, 0.6) is 0 Å². The molecule has 0 bridgehead atoms. The number of rotatable bonds is 4. The number of alkyl halides is 4. The first-order chi connectivity index (χ1) is 6.58. The van der Waals surface area contributed by atoms with Crippen molar-refractivity contribution in [3.05, 3.63) is 24.8 Å². The molecule has 0 saturated carbocycles. The molecule has 0 saturated heterocycles. The third-order valence-electron chi connectivity index (χ3n) is 0.832. The standard InChI is InChI=1S/2C4H5F3/c5-2-1-4(7)3-6;5-3-1-2-4(6)7/h1-2,4H,3H2;1,3-4H,2H2/b2-1+;3-1+. The fourth-order valence-corrected chi connectivity index (χ4v) is 0.285. The average Bonchev–Trinajstić information content (AvgIpc) is 2.16. The molecule has 0 aliphatic rings. The molecule has 0 fully saturated rings. The maximum atomic E-state index is 11.4. The summed E-state index contributed by atoms with van der Waals surface area (Å²) in [5.41, 5.74) is 0. The molecule has 0 aliphatic heterocycles. The highest BCUT2D eigenvalue weighted by molar-refractivity contribution is 4.81. The van der Waals surface area contributed by atoms with E-state index in [1.165, 1.54) is 0 Å². The molecule has 14 heavy (non-hydrogen) atoms. The molecule has 1 unspecified atom stereocenters. The molecule has 0 aliphatic carbocycles. The van der Waals surface area contributed by atoms with E-state index in [0.29, 0.717) is 6.08 Å². The van der Waals surface area contributed by atoms with Crippen LogP contribution in [0.4, 0.5) is 26.3 Å². The second-order valence-corrected chi connectivity index (χ2v) is 1.98. The molecule has 0 amide bonds. The minimum absolute atomic E-state index is 0.00968. The van der Waals surface area contributed by atoms with Gasteiger partial charge in [-0.3, -0.25) is 0 Å². The molecule has 0 aromatic rings. The van der Waals surface area contributed by atoms with Crippen LogP contribution >= 0.6 is 0 Å². The Morgan fingerprint density at radius 2 is 1.57 bits per heavy atom. The van der Waals surface area contributed by atoms with E-state index in [0.717, 1.165) is 6.08 Å². The van der Waals surface area contributed by atoms with Crippen LogP contribution in [0.2, 0.25) is 0 Å². The zero-order valence-electron chi connectivity index (χ0n) is 7.15. The fourth-order valence-electron chi connectivity index (χ4n) is 0.285. The van der Waals surface area contributed by atoms with Gasteiger partial charge in [-0.05, 0) is 6.08 Å². The lowest BCUT2D eigenvalue weighted by atomic mass is 10.4. The van der Waals surface area contributed by atoms with Gasteiger partial charge in [-0.15, -0.1) is 0 Å². The van der Waals surface area contributed by atoms with Crippen LogP contribution in [0.15, 0.2) is 24.8 Å². The van der Waals surface area contributed by atoms with Gasteiger partial charge in [0.2, 0.25) is 6.43 Å². The van der Waals surface area contributed by atoms with Gasteiger partial charge in [0.05, 0.1) is 12.7 Å². The lowest BCUT2D eigenvalue weighted by Crippen LogP contribution is -1.94. The highest BCUT2D eigenvalue weighted by atomic mass is 19.3. The van der Waals surface area contributed by atoms with Gasteiger partial charge in [0.25, 0.3) is 0 Å². The predicted octanol–water partition coefficient (Wildman–Crippen LogP) is 3.90. The summed E-state index contributed by atoms with van der Waals surface area (Å²) in [6.07, 6.45) is -3.28. The van der Waals surface area contributed by atoms with Gasteiger partial charge in [-0.25, -0.2) is 26.3 Å². The molecule has 0 aromatic heterocycles. The Morgan fingerprint density at radius 1 is 1.00 bits per heavy atom. The fraction of sp³-hybridized carbons (Fsp3) is 0.500. The van der Waals surface area contributed by atoms with Crippen LogP contribution in [0.3, 0.4) is 0 Å². The van der Waals surface area contributed by atoms with E-state index in [9.17, 15) is 26.3 Å². The first-order valence-electron chi connectivity index (χ1n) is 3.58. The van der Waals surface area contributed by atoms with Crippen molar-refractivity contribution < 1.29 is 26.3 Å². The lowest BCUT2D eigenvalue weighted by Gasteiger charge is -1.87. The quantitative estimate of drug-likeness (QED) is 0.630. The summed E-state index contributed by atoms with van der Waals surface area (Å²) in [5, 5.41) is 0. The smallest absolute Gasteiger partial charge is 0.242 e. The topological polar surface area (TPSA) is 0 Å². The third-order valence-corrected chi connectivity index (χ3v) is 0.832. The lowest BCUT2D eigenvalue weighted by molar-refractivity contribution is 0.152. The molecular weight excluding hydrogens is 210 g/mol. The minimum atomic E-state index is -2.42. The summed E-state index contributed by atoms with van der Waals surface area (Å²) in [4.78, 5) is 0. The van der Waals surface area contributed by atoms with Crippen molar-refractivity contribution in [2.24, 2.45) is 0 Å². The molecule has 0 N–H and O–H groups in total. The van der Waals surface area contributed by atoms with Crippen molar-refractivity contribution in [2.45, 2.75) is 19.0 Å². The molecule has 84 valence electrons. The van der Waals surface area contributed by atoms with E-state index >= 15 is 0 Å². The summed E-state index contributed by atoms with van der Waals surface area (Å²) in [7, 11) is 0. The van der Waals surface area contributed by atoms with Crippen molar-refractivity contribution in [3.63, 3.8) is 0 Å². The second kappa shape index (κ2) is 12.1. The number of hydrogen-bond donors (Lipinski definition) is 0. The zero-order chi connectivity index (χ0) is 11.4. The van der Waals surface area contributed by atoms with Crippen LogP contribution < -0.4 is 0 Å². The molecule has 1 atom stereocenters. The first-order valence-corrected chi connectivity index (χ1v) is 3.58. The van der Waals surface area contributed by atoms with Gasteiger partial charge >= 0.3 is 0 Å². The maximum absolute atomic E-state index is 11.4. The number of hydrogen-bond acceptors (Lipinski definition) is 0. The normalized spacial score (nSPS) is 13.4. The van der Waals surface area contributed by atoms with Gasteiger partial charge in [0.15, 0.2) is 0 Å². The van der Waals surface area contributed by atoms with Crippen LogP contribution in [0.1, 0.15) is 6.42 Å². The van der Waals surface area contributed by atoms with Crippen LogP contribution in [0, 0.1) is 0 Å². The molecule has 0 nitrogen and oxygen atoms in total. The van der Waals surface area contributed by atoms with E-state index in [2.05, 4.69) is 0 Å². The highest BCUT2D eigenvalue weighted by Crippen LogP contribution is 1.98. The monoisotopic (exact) mass is 220 g/mol.